The Morgan fingerprint density at radius 3 is 2.86 bits per heavy atom. The first-order chi connectivity index (χ1) is 13.4. The van der Waals surface area contributed by atoms with Crippen LogP contribution in [-0.2, 0) is 14.3 Å². The third-order valence-electron chi connectivity index (χ3n) is 4.35. The monoisotopic (exact) mass is 416 g/mol. The minimum atomic E-state index is -1.03. The number of esters is 1. The Morgan fingerprint density at radius 2 is 2.18 bits per heavy atom. The summed E-state index contributed by atoms with van der Waals surface area (Å²) in [4.78, 5) is 24.1. The third kappa shape index (κ3) is 5.86. The number of alkyl halides is 1. The summed E-state index contributed by atoms with van der Waals surface area (Å²) in [6.07, 6.45) is 0. The van der Waals surface area contributed by atoms with Crippen LogP contribution in [-0.4, -0.2) is 68.3 Å². The standard InChI is InChI=1S/C18H26ClFN4O4/c1-3-24-16(14(19)9-23-24)11-6-12(8-13(20)7-11)17(25)22-10-15(21)18(26)28-5-4-27-2/h6-8,14-16,23H,3-5,9-10,21H2,1-2H3,(H,22,25)/t14?,15-,16?/m1/s1. The van der Waals surface area contributed by atoms with Crippen molar-refractivity contribution in [3.63, 3.8) is 0 Å². The first-order valence-corrected chi connectivity index (χ1v) is 9.45. The summed E-state index contributed by atoms with van der Waals surface area (Å²) in [7, 11) is 1.48. The van der Waals surface area contributed by atoms with Crippen LogP contribution >= 0.6 is 11.6 Å². The Morgan fingerprint density at radius 1 is 1.43 bits per heavy atom. The Labute approximate surface area is 168 Å². The van der Waals surface area contributed by atoms with Crippen LogP contribution in [0.15, 0.2) is 18.2 Å². The molecule has 2 rings (SSSR count). The molecule has 1 saturated heterocycles. The van der Waals surface area contributed by atoms with Gasteiger partial charge in [0.15, 0.2) is 0 Å². The van der Waals surface area contributed by atoms with Crippen LogP contribution < -0.4 is 16.5 Å². The Bertz CT molecular complexity index is 694. The summed E-state index contributed by atoms with van der Waals surface area (Å²) >= 11 is 6.36. The first-order valence-electron chi connectivity index (χ1n) is 9.01. The second kappa shape index (κ2) is 10.7. The molecule has 28 heavy (non-hydrogen) atoms. The van der Waals surface area contributed by atoms with Gasteiger partial charge in [-0.15, -0.1) is 11.6 Å². The van der Waals surface area contributed by atoms with Crippen molar-refractivity contribution in [3.8, 4) is 0 Å². The number of ether oxygens (including phenoxy) is 2. The molecule has 1 amide bonds. The lowest BCUT2D eigenvalue weighted by Gasteiger charge is -2.24. The van der Waals surface area contributed by atoms with Crippen molar-refractivity contribution < 1.29 is 23.5 Å². The molecule has 8 nitrogen and oxygen atoms in total. The predicted molar refractivity (Wildman–Crippen MR) is 102 cm³/mol. The van der Waals surface area contributed by atoms with Gasteiger partial charge in [0.2, 0.25) is 0 Å². The molecule has 1 aliphatic heterocycles. The van der Waals surface area contributed by atoms with Gasteiger partial charge >= 0.3 is 5.97 Å². The molecule has 10 heteroatoms. The fourth-order valence-electron chi connectivity index (χ4n) is 2.94. The van der Waals surface area contributed by atoms with E-state index in [0.717, 1.165) is 6.07 Å². The summed E-state index contributed by atoms with van der Waals surface area (Å²) in [5.41, 5.74) is 9.57. The maximum Gasteiger partial charge on any atom is 0.324 e. The lowest BCUT2D eigenvalue weighted by Crippen LogP contribution is -2.43. The molecule has 0 spiro atoms. The fraction of sp³-hybridized carbons (Fsp3) is 0.556. The number of methoxy groups -OCH3 is 1. The second-order valence-corrected chi connectivity index (χ2v) is 6.92. The number of nitrogens with zero attached hydrogens (tertiary/aromatic N) is 1. The van der Waals surface area contributed by atoms with E-state index in [0.29, 0.717) is 18.7 Å². The molecule has 156 valence electrons. The highest BCUT2D eigenvalue weighted by Crippen LogP contribution is 2.31. The fourth-order valence-corrected chi connectivity index (χ4v) is 3.29. The van der Waals surface area contributed by atoms with Gasteiger partial charge in [0, 0.05) is 32.3 Å². The number of nitrogens with one attached hydrogen (secondary N) is 2. The zero-order chi connectivity index (χ0) is 20.7. The smallest absolute Gasteiger partial charge is 0.324 e. The molecule has 1 fully saturated rings. The second-order valence-electron chi connectivity index (χ2n) is 6.36. The SMILES string of the molecule is CCN1NCC(Cl)C1c1cc(F)cc(C(=O)NC[C@@H](N)C(=O)OCCOC)c1. The topological polar surface area (TPSA) is 106 Å². The van der Waals surface area contributed by atoms with Crippen molar-refractivity contribution in [2.45, 2.75) is 24.4 Å². The molecule has 1 aromatic rings. The minimum Gasteiger partial charge on any atom is -0.462 e. The van der Waals surface area contributed by atoms with Gasteiger partial charge in [0.1, 0.15) is 18.5 Å². The van der Waals surface area contributed by atoms with E-state index in [1.807, 2.05) is 11.9 Å². The highest BCUT2D eigenvalue weighted by Gasteiger charge is 2.33. The largest absolute Gasteiger partial charge is 0.462 e. The van der Waals surface area contributed by atoms with E-state index in [-0.39, 0.29) is 36.7 Å². The highest BCUT2D eigenvalue weighted by molar-refractivity contribution is 6.21. The Kier molecular flexibility index (Phi) is 8.58. The summed E-state index contributed by atoms with van der Waals surface area (Å²) in [5.74, 6) is -1.74. The molecule has 1 aliphatic rings. The Balaban J connectivity index is 2.02. The number of halogens is 2. The normalized spacial score (nSPS) is 20.8. The van der Waals surface area contributed by atoms with Crippen molar-refractivity contribution in [1.82, 2.24) is 15.8 Å². The van der Waals surface area contributed by atoms with E-state index in [1.165, 1.54) is 13.2 Å². The average Bonchev–Trinajstić information content (AvgIpc) is 3.05. The number of nitrogens with two attached hydrogens (primary N) is 1. The van der Waals surface area contributed by atoms with Gasteiger partial charge < -0.3 is 20.5 Å². The van der Waals surface area contributed by atoms with Crippen LogP contribution in [0.3, 0.4) is 0 Å². The van der Waals surface area contributed by atoms with Crippen LogP contribution in [0, 0.1) is 5.82 Å². The van der Waals surface area contributed by atoms with E-state index in [2.05, 4.69) is 10.7 Å². The van der Waals surface area contributed by atoms with Crippen molar-refractivity contribution in [2.75, 3.05) is 40.0 Å². The van der Waals surface area contributed by atoms with Crippen molar-refractivity contribution in [2.24, 2.45) is 5.73 Å². The van der Waals surface area contributed by atoms with Crippen LogP contribution in [0.5, 0.6) is 0 Å². The molecule has 0 bridgehead atoms. The third-order valence-corrected chi connectivity index (χ3v) is 4.74. The van der Waals surface area contributed by atoms with E-state index in [9.17, 15) is 14.0 Å². The van der Waals surface area contributed by atoms with Gasteiger partial charge in [-0.3, -0.25) is 15.0 Å². The molecule has 0 aliphatic carbocycles. The maximum atomic E-state index is 14.1. The number of carbonyl (C=O) groups excluding carboxylic acids is 2. The Hall–Kier alpha value is -1.78. The molecule has 0 aromatic heterocycles. The van der Waals surface area contributed by atoms with Gasteiger partial charge in [-0.25, -0.2) is 9.40 Å². The summed E-state index contributed by atoms with van der Waals surface area (Å²) < 4.78 is 23.8. The molecule has 1 aromatic carbocycles. The molecule has 2 unspecified atom stereocenters. The number of hydrazine groups is 1. The maximum absolute atomic E-state index is 14.1. The number of rotatable bonds is 9. The lowest BCUT2D eigenvalue weighted by molar-refractivity contribution is -0.146. The van der Waals surface area contributed by atoms with Crippen molar-refractivity contribution >= 4 is 23.5 Å². The summed E-state index contributed by atoms with van der Waals surface area (Å²) in [5, 5.41) is 4.17. The van der Waals surface area contributed by atoms with Gasteiger partial charge in [0.05, 0.1) is 18.0 Å². The molecular formula is C18H26ClFN4O4. The van der Waals surface area contributed by atoms with E-state index >= 15 is 0 Å². The molecule has 4 N–H and O–H groups in total. The zero-order valence-electron chi connectivity index (χ0n) is 15.9. The number of hydrogen-bond donors (Lipinski definition) is 3. The van der Waals surface area contributed by atoms with Crippen LogP contribution in [0.1, 0.15) is 28.9 Å². The highest BCUT2D eigenvalue weighted by atomic mass is 35.5. The first kappa shape index (κ1) is 22.5. The minimum absolute atomic E-state index is 0.0766. The van der Waals surface area contributed by atoms with Crippen LogP contribution in [0.4, 0.5) is 4.39 Å². The van der Waals surface area contributed by atoms with Crippen molar-refractivity contribution in [1.29, 1.82) is 0 Å². The number of carbonyl (C=O) groups is 2. The summed E-state index contributed by atoms with van der Waals surface area (Å²) in [6.45, 7) is 3.37. The average molecular weight is 417 g/mol. The van der Waals surface area contributed by atoms with Gasteiger partial charge in [0.25, 0.3) is 5.91 Å². The summed E-state index contributed by atoms with van der Waals surface area (Å²) in [6, 6.07) is 2.80. The van der Waals surface area contributed by atoms with E-state index in [4.69, 9.17) is 26.8 Å². The number of hydrogen-bond acceptors (Lipinski definition) is 7. The van der Waals surface area contributed by atoms with Crippen LogP contribution in [0.2, 0.25) is 0 Å². The zero-order valence-corrected chi connectivity index (χ0v) is 16.7. The lowest BCUT2D eigenvalue weighted by atomic mass is 10.0. The van der Waals surface area contributed by atoms with E-state index < -0.39 is 23.7 Å². The predicted octanol–water partition coefficient (Wildman–Crippen LogP) is 0.561. The van der Waals surface area contributed by atoms with Gasteiger partial charge in [-0.1, -0.05) is 6.92 Å². The molecule has 0 saturated carbocycles. The van der Waals surface area contributed by atoms with Gasteiger partial charge in [-0.2, -0.15) is 0 Å². The quantitative estimate of drug-likeness (QED) is 0.307. The van der Waals surface area contributed by atoms with Crippen molar-refractivity contribution in [3.05, 3.63) is 35.1 Å². The molecule has 0 radical (unpaired) electrons. The van der Waals surface area contributed by atoms with Gasteiger partial charge in [-0.05, 0) is 23.8 Å². The molecular weight excluding hydrogens is 391 g/mol. The number of benzene rings is 1. The van der Waals surface area contributed by atoms with Crippen LogP contribution in [0.25, 0.3) is 0 Å². The molecule has 3 atom stereocenters. The number of amides is 1. The molecule has 1 heterocycles. The van der Waals surface area contributed by atoms with E-state index in [1.54, 1.807) is 6.07 Å².